The van der Waals surface area contributed by atoms with Gasteiger partial charge in [-0.1, -0.05) is 30.7 Å². The molecule has 0 saturated heterocycles. The van der Waals surface area contributed by atoms with Crippen molar-refractivity contribution in [3.8, 4) is 0 Å². The fraction of sp³-hybridized carbons (Fsp3) is 0.389. The third-order valence-electron chi connectivity index (χ3n) is 3.87. The van der Waals surface area contributed by atoms with Gasteiger partial charge in [-0.2, -0.15) is 0 Å². The molecule has 0 saturated carbocycles. The van der Waals surface area contributed by atoms with Crippen LogP contribution in [0.5, 0.6) is 0 Å². The van der Waals surface area contributed by atoms with Gasteiger partial charge in [0.2, 0.25) is 10.0 Å². The topological polar surface area (TPSA) is 82.6 Å². The van der Waals surface area contributed by atoms with E-state index in [9.17, 15) is 8.42 Å². The molecule has 0 amide bonds. The second-order valence-electron chi connectivity index (χ2n) is 6.01. The second kappa shape index (κ2) is 9.70. The van der Waals surface area contributed by atoms with Gasteiger partial charge in [0, 0.05) is 37.5 Å². The first-order chi connectivity index (χ1) is 12.4. The van der Waals surface area contributed by atoms with Crippen molar-refractivity contribution in [1.82, 2.24) is 15.4 Å². The Bertz CT molecular complexity index is 800. The lowest BCUT2D eigenvalue weighted by atomic mass is 10.1. The molecule has 3 N–H and O–H groups in total. The number of thiophene rings is 1. The van der Waals surface area contributed by atoms with Gasteiger partial charge in [-0.3, -0.25) is 4.99 Å². The van der Waals surface area contributed by atoms with Gasteiger partial charge in [0.1, 0.15) is 0 Å². The number of hydrogen-bond acceptors (Lipinski definition) is 4. The first-order valence-electron chi connectivity index (χ1n) is 8.46. The zero-order valence-corrected chi connectivity index (χ0v) is 17.0. The van der Waals surface area contributed by atoms with E-state index in [1.165, 1.54) is 4.88 Å². The van der Waals surface area contributed by atoms with Crippen LogP contribution in [0.2, 0.25) is 0 Å². The molecule has 0 aliphatic heterocycles. The second-order valence-corrected chi connectivity index (χ2v) is 8.75. The molecule has 2 rings (SSSR count). The molecule has 6 nitrogen and oxygen atoms in total. The highest BCUT2D eigenvalue weighted by atomic mass is 32.2. The molecule has 0 aliphatic carbocycles. The number of rotatable bonds is 8. The van der Waals surface area contributed by atoms with Crippen LogP contribution in [0, 0.1) is 6.92 Å². The van der Waals surface area contributed by atoms with E-state index >= 15 is 0 Å². The number of benzene rings is 1. The van der Waals surface area contributed by atoms with Crippen molar-refractivity contribution in [3.63, 3.8) is 0 Å². The molecule has 0 bridgehead atoms. The van der Waals surface area contributed by atoms with E-state index in [4.69, 9.17) is 0 Å². The van der Waals surface area contributed by atoms with Crippen LogP contribution in [0.25, 0.3) is 0 Å². The van der Waals surface area contributed by atoms with Crippen LogP contribution < -0.4 is 15.4 Å². The van der Waals surface area contributed by atoms with E-state index in [0.717, 1.165) is 12.1 Å². The zero-order chi connectivity index (χ0) is 19.0. The summed E-state index contributed by atoms with van der Waals surface area (Å²) in [6, 6.07) is 11.0. The third-order valence-corrected chi connectivity index (χ3v) is 6.45. The molecule has 1 unspecified atom stereocenters. The zero-order valence-electron chi connectivity index (χ0n) is 15.3. The number of hydrogen-bond donors (Lipinski definition) is 3. The Balaban J connectivity index is 1.74. The smallest absolute Gasteiger partial charge is 0.240 e. The van der Waals surface area contributed by atoms with E-state index in [0.29, 0.717) is 18.4 Å². The normalized spacial score (nSPS) is 13.4. The standard InChI is InChI=1S/C18H26N4O2S2/c1-14-6-8-16(9-7-14)26(23,24)22-11-10-20-18(19-3)21-13-15(2)17-5-4-12-25-17/h4-9,12,15,22H,10-11,13H2,1-3H3,(H2,19,20,21). The van der Waals surface area contributed by atoms with Crippen LogP contribution in [-0.4, -0.2) is 41.1 Å². The van der Waals surface area contributed by atoms with Crippen molar-refractivity contribution in [2.45, 2.75) is 24.7 Å². The van der Waals surface area contributed by atoms with Crippen LogP contribution in [0.4, 0.5) is 0 Å². The van der Waals surface area contributed by atoms with E-state index in [1.54, 1.807) is 42.6 Å². The molecule has 0 radical (unpaired) electrons. The highest BCUT2D eigenvalue weighted by molar-refractivity contribution is 7.89. The molecule has 1 heterocycles. The van der Waals surface area contributed by atoms with Gasteiger partial charge in [-0.05, 0) is 30.5 Å². The third kappa shape index (κ3) is 6.12. The highest BCUT2D eigenvalue weighted by Crippen LogP contribution is 2.19. The SMILES string of the molecule is CN=C(NCCNS(=O)(=O)c1ccc(C)cc1)NCC(C)c1cccs1. The van der Waals surface area contributed by atoms with Crippen molar-refractivity contribution in [3.05, 3.63) is 52.2 Å². The minimum absolute atomic E-state index is 0.273. The molecule has 142 valence electrons. The monoisotopic (exact) mass is 394 g/mol. The lowest BCUT2D eigenvalue weighted by Gasteiger charge is -2.15. The number of nitrogens with one attached hydrogen (secondary N) is 3. The van der Waals surface area contributed by atoms with Gasteiger partial charge in [0.25, 0.3) is 0 Å². The van der Waals surface area contributed by atoms with Gasteiger partial charge in [-0.15, -0.1) is 11.3 Å². The van der Waals surface area contributed by atoms with E-state index < -0.39 is 10.0 Å². The summed E-state index contributed by atoms with van der Waals surface area (Å²) in [5.41, 5.74) is 1.03. The van der Waals surface area contributed by atoms with Crippen LogP contribution in [0.1, 0.15) is 23.3 Å². The Hall–Kier alpha value is -1.90. The Labute approximate surface area is 159 Å². The fourth-order valence-electron chi connectivity index (χ4n) is 2.31. The fourth-order valence-corrected chi connectivity index (χ4v) is 4.13. The summed E-state index contributed by atoms with van der Waals surface area (Å²) < 4.78 is 27.0. The Kier molecular flexibility index (Phi) is 7.62. The van der Waals surface area contributed by atoms with Crippen LogP contribution in [0.15, 0.2) is 51.7 Å². The molecule has 0 aliphatic rings. The molecule has 2 aromatic rings. The Morgan fingerprint density at radius 2 is 1.88 bits per heavy atom. The number of sulfonamides is 1. The molecular weight excluding hydrogens is 368 g/mol. The molecule has 8 heteroatoms. The van der Waals surface area contributed by atoms with Crippen LogP contribution >= 0.6 is 11.3 Å². The van der Waals surface area contributed by atoms with Crippen molar-refractivity contribution in [1.29, 1.82) is 0 Å². The first kappa shape index (κ1) is 20.4. The predicted octanol–water partition coefficient (Wildman–Crippen LogP) is 2.30. The molecule has 26 heavy (non-hydrogen) atoms. The predicted molar refractivity (Wildman–Crippen MR) is 108 cm³/mol. The molecule has 1 atom stereocenters. The summed E-state index contributed by atoms with van der Waals surface area (Å²) in [5.74, 6) is 1.04. The molecule has 0 fully saturated rings. The van der Waals surface area contributed by atoms with Crippen molar-refractivity contribution in [2.75, 3.05) is 26.7 Å². The number of aliphatic imine (C=N–C) groups is 1. The summed E-state index contributed by atoms with van der Waals surface area (Å²) in [6.45, 7) is 5.55. The van der Waals surface area contributed by atoms with Crippen LogP contribution in [0.3, 0.4) is 0 Å². The maximum Gasteiger partial charge on any atom is 0.240 e. The van der Waals surface area contributed by atoms with E-state index in [-0.39, 0.29) is 11.4 Å². The first-order valence-corrected chi connectivity index (χ1v) is 10.8. The largest absolute Gasteiger partial charge is 0.356 e. The van der Waals surface area contributed by atoms with E-state index in [2.05, 4.69) is 38.7 Å². The average Bonchev–Trinajstić information content (AvgIpc) is 3.16. The maximum absolute atomic E-state index is 12.2. The lowest BCUT2D eigenvalue weighted by Crippen LogP contribution is -2.42. The minimum Gasteiger partial charge on any atom is -0.356 e. The number of nitrogens with zero attached hydrogens (tertiary/aromatic N) is 1. The van der Waals surface area contributed by atoms with Crippen molar-refractivity contribution >= 4 is 27.3 Å². The van der Waals surface area contributed by atoms with Crippen molar-refractivity contribution < 1.29 is 8.42 Å². The molecule has 1 aromatic heterocycles. The quantitative estimate of drug-likeness (QED) is 0.364. The Morgan fingerprint density at radius 3 is 2.50 bits per heavy atom. The molecular formula is C18H26N4O2S2. The van der Waals surface area contributed by atoms with Gasteiger partial charge in [0.15, 0.2) is 5.96 Å². The maximum atomic E-state index is 12.2. The van der Waals surface area contributed by atoms with Crippen LogP contribution in [-0.2, 0) is 10.0 Å². The number of guanidine groups is 1. The Morgan fingerprint density at radius 1 is 1.15 bits per heavy atom. The average molecular weight is 395 g/mol. The summed E-state index contributed by atoms with van der Waals surface area (Å²) in [6.07, 6.45) is 0. The highest BCUT2D eigenvalue weighted by Gasteiger charge is 2.13. The number of aryl methyl sites for hydroxylation is 1. The molecule has 1 aromatic carbocycles. The van der Waals surface area contributed by atoms with Gasteiger partial charge >= 0.3 is 0 Å². The minimum atomic E-state index is -3.49. The summed E-state index contributed by atoms with van der Waals surface area (Å²) in [4.78, 5) is 5.76. The van der Waals surface area contributed by atoms with Gasteiger partial charge in [0.05, 0.1) is 4.90 Å². The van der Waals surface area contributed by atoms with Gasteiger partial charge in [-0.25, -0.2) is 13.1 Å². The summed E-state index contributed by atoms with van der Waals surface area (Å²) in [5, 5.41) is 8.45. The lowest BCUT2D eigenvalue weighted by molar-refractivity contribution is 0.580. The van der Waals surface area contributed by atoms with E-state index in [1.807, 2.05) is 13.0 Å². The summed E-state index contributed by atoms with van der Waals surface area (Å²) >= 11 is 1.74. The summed E-state index contributed by atoms with van der Waals surface area (Å²) in [7, 11) is -1.79. The van der Waals surface area contributed by atoms with Gasteiger partial charge < -0.3 is 10.6 Å². The molecule has 0 spiro atoms. The van der Waals surface area contributed by atoms with Crippen molar-refractivity contribution in [2.24, 2.45) is 4.99 Å².